The van der Waals surface area contributed by atoms with Gasteiger partial charge in [0.2, 0.25) is 0 Å². The normalized spacial score (nSPS) is 14.0. The van der Waals surface area contributed by atoms with E-state index < -0.39 is 16.0 Å². The van der Waals surface area contributed by atoms with Crippen molar-refractivity contribution in [3.8, 4) is 0 Å². The molecule has 0 unspecified atom stereocenters. The Morgan fingerprint density at radius 2 is 1.79 bits per heavy atom. The molecule has 0 radical (unpaired) electrons. The summed E-state index contributed by atoms with van der Waals surface area (Å²) in [5.74, 6) is -1.08. The molecule has 24 heavy (non-hydrogen) atoms. The minimum Gasteiger partial charge on any atom is -0.478 e. The molecule has 3 rings (SSSR count). The van der Waals surface area contributed by atoms with Crippen molar-refractivity contribution in [1.29, 1.82) is 0 Å². The molecule has 1 aliphatic carbocycles. The van der Waals surface area contributed by atoms with Crippen LogP contribution < -0.4 is 4.72 Å². The van der Waals surface area contributed by atoms with Crippen LogP contribution in [0.15, 0.2) is 41.3 Å². The summed E-state index contributed by atoms with van der Waals surface area (Å²) in [7, 11) is -3.75. The summed E-state index contributed by atoms with van der Waals surface area (Å²) in [5.41, 5.74) is 3.06. The van der Waals surface area contributed by atoms with Gasteiger partial charge in [-0.05, 0) is 73.6 Å². The van der Waals surface area contributed by atoms with Gasteiger partial charge in [-0.3, -0.25) is 4.72 Å². The average Bonchev–Trinajstić information content (AvgIpc) is 2.56. The van der Waals surface area contributed by atoms with Crippen LogP contribution >= 0.6 is 0 Å². The van der Waals surface area contributed by atoms with Gasteiger partial charge in [-0.1, -0.05) is 12.1 Å². The second-order valence-corrected chi connectivity index (χ2v) is 7.71. The van der Waals surface area contributed by atoms with Gasteiger partial charge in [0.25, 0.3) is 10.0 Å². The standard InChI is InChI=1S/C18H19NO4S/c1-12-16(18(20)21)7-4-8-17(12)19-24(22,23)15-10-9-13-5-2-3-6-14(13)11-15/h4,7-11,19H,2-3,5-6H2,1H3,(H,20,21). The first-order chi connectivity index (χ1) is 11.4. The molecule has 0 atom stereocenters. The van der Waals surface area contributed by atoms with Gasteiger partial charge in [0.05, 0.1) is 16.1 Å². The fraction of sp³-hybridized carbons (Fsp3) is 0.278. The van der Waals surface area contributed by atoms with Crippen LogP contribution in [-0.4, -0.2) is 19.5 Å². The molecule has 0 amide bonds. The Morgan fingerprint density at radius 3 is 2.50 bits per heavy atom. The van der Waals surface area contributed by atoms with Crippen molar-refractivity contribution in [1.82, 2.24) is 0 Å². The van der Waals surface area contributed by atoms with E-state index in [1.165, 1.54) is 17.7 Å². The van der Waals surface area contributed by atoms with Crippen LogP contribution in [0.25, 0.3) is 0 Å². The number of fused-ring (bicyclic) bond motifs is 1. The first-order valence-corrected chi connectivity index (χ1v) is 9.34. The maximum Gasteiger partial charge on any atom is 0.336 e. The third-order valence-corrected chi connectivity index (χ3v) is 5.80. The first-order valence-electron chi connectivity index (χ1n) is 7.86. The van der Waals surface area contributed by atoms with Crippen LogP contribution in [0.4, 0.5) is 5.69 Å². The molecule has 2 aromatic carbocycles. The van der Waals surface area contributed by atoms with Gasteiger partial charge >= 0.3 is 5.97 Å². The molecule has 0 bridgehead atoms. The smallest absolute Gasteiger partial charge is 0.336 e. The summed E-state index contributed by atoms with van der Waals surface area (Å²) in [6.45, 7) is 1.59. The van der Waals surface area contributed by atoms with Crippen molar-refractivity contribution in [2.75, 3.05) is 4.72 Å². The lowest BCUT2D eigenvalue weighted by Crippen LogP contribution is -2.16. The number of carboxylic acids is 1. The zero-order valence-corrected chi connectivity index (χ0v) is 14.2. The summed E-state index contributed by atoms with van der Waals surface area (Å²) in [6, 6.07) is 9.77. The minimum atomic E-state index is -3.75. The number of rotatable bonds is 4. The first kappa shape index (κ1) is 16.5. The molecule has 1 aliphatic rings. The van der Waals surface area contributed by atoms with Crippen LogP contribution in [0.1, 0.15) is 39.9 Å². The molecule has 2 aromatic rings. The molecule has 0 aromatic heterocycles. The molecule has 126 valence electrons. The van der Waals surface area contributed by atoms with E-state index in [0.717, 1.165) is 31.2 Å². The van der Waals surface area contributed by atoms with E-state index in [9.17, 15) is 13.2 Å². The number of carboxylic acid groups (broad SMARTS) is 1. The van der Waals surface area contributed by atoms with E-state index in [1.54, 1.807) is 25.1 Å². The third kappa shape index (κ3) is 3.14. The van der Waals surface area contributed by atoms with E-state index in [2.05, 4.69) is 4.72 Å². The molecular weight excluding hydrogens is 326 g/mol. The number of anilines is 1. The molecule has 5 nitrogen and oxygen atoms in total. The van der Waals surface area contributed by atoms with Crippen molar-refractivity contribution < 1.29 is 18.3 Å². The number of hydrogen-bond acceptors (Lipinski definition) is 3. The van der Waals surface area contributed by atoms with Gasteiger partial charge in [-0.25, -0.2) is 13.2 Å². The van der Waals surface area contributed by atoms with Crippen molar-refractivity contribution >= 4 is 21.7 Å². The van der Waals surface area contributed by atoms with Crippen molar-refractivity contribution in [3.63, 3.8) is 0 Å². The van der Waals surface area contributed by atoms with Gasteiger partial charge in [-0.15, -0.1) is 0 Å². The topological polar surface area (TPSA) is 83.5 Å². The molecule has 6 heteroatoms. The van der Waals surface area contributed by atoms with Gasteiger partial charge in [0.15, 0.2) is 0 Å². The van der Waals surface area contributed by atoms with Gasteiger partial charge in [-0.2, -0.15) is 0 Å². The second kappa shape index (κ2) is 6.28. The Morgan fingerprint density at radius 1 is 1.08 bits per heavy atom. The van der Waals surface area contributed by atoms with Gasteiger partial charge in [0.1, 0.15) is 0 Å². The minimum absolute atomic E-state index is 0.0839. The van der Waals surface area contributed by atoms with E-state index in [4.69, 9.17) is 5.11 Å². The summed E-state index contributed by atoms with van der Waals surface area (Å²) in [6.07, 6.45) is 4.09. The summed E-state index contributed by atoms with van der Waals surface area (Å²) in [5, 5.41) is 9.16. The van der Waals surface area contributed by atoms with E-state index in [-0.39, 0.29) is 16.1 Å². The van der Waals surface area contributed by atoms with E-state index in [0.29, 0.717) is 5.56 Å². The molecular formula is C18H19NO4S. The van der Waals surface area contributed by atoms with Gasteiger partial charge < -0.3 is 5.11 Å². The monoisotopic (exact) mass is 345 g/mol. The molecule has 0 saturated heterocycles. The van der Waals surface area contributed by atoms with E-state index >= 15 is 0 Å². The van der Waals surface area contributed by atoms with Crippen LogP contribution in [0.5, 0.6) is 0 Å². The SMILES string of the molecule is Cc1c(NS(=O)(=O)c2ccc3c(c2)CCCC3)cccc1C(=O)O. The Bertz CT molecular complexity index is 903. The summed E-state index contributed by atoms with van der Waals surface area (Å²) >= 11 is 0. The largest absolute Gasteiger partial charge is 0.478 e. The molecule has 0 saturated carbocycles. The van der Waals surface area contributed by atoms with E-state index in [1.807, 2.05) is 6.07 Å². The zero-order chi connectivity index (χ0) is 17.3. The Hall–Kier alpha value is -2.34. The number of sulfonamides is 1. The van der Waals surface area contributed by atoms with Crippen molar-refractivity contribution in [2.45, 2.75) is 37.5 Å². The number of benzene rings is 2. The van der Waals surface area contributed by atoms with Gasteiger partial charge in [0, 0.05) is 0 Å². The Kier molecular flexibility index (Phi) is 4.32. The summed E-state index contributed by atoms with van der Waals surface area (Å²) < 4.78 is 27.8. The lowest BCUT2D eigenvalue weighted by atomic mass is 9.92. The highest BCUT2D eigenvalue weighted by Crippen LogP contribution is 2.26. The predicted molar refractivity (Wildman–Crippen MR) is 92.0 cm³/mol. The summed E-state index contributed by atoms with van der Waals surface area (Å²) in [4.78, 5) is 11.4. The van der Waals surface area contributed by atoms with Crippen LogP contribution in [0, 0.1) is 6.92 Å². The highest BCUT2D eigenvalue weighted by Gasteiger charge is 2.20. The number of nitrogens with one attached hydrogen (secondary N) is 1. The quantitative estimate of drug-likeness (QED) is 0.890. The maximum absolute atomic E-state index is 12.7. The lowest BCUT2D eigenvalue weighted by molar-refractivity contribution is 0.0696. The molecule has 0 fully saturated rings. The number of hydrogen-bond donors (Lipinski definition) is 2. The lowest BCUT2D eigenvalue weighted by Gasteiger charge is -2.17. The number of aromatic carboxylic acids is 1. The molecule has 0 heterocycles. The highest BCUT2D eigenvalue weighted by molar-refractivity contribution is 7.92. The number of aryl methyl sites for hydroxylation is 2. The third-order valence-electron chi connectivity index (χ3n) is 4.44. The van der Waals surface area contributed by atoms with Crippen molar-refractivity contribution in [3.05, 3.63) is 58.7 Å². The fourth-order valence-electron chi connectivity index (χ4n) is 3.06. The van der Waals surface area contributed by atoms with Crippen LogP contribution in [-0.2, 0) is 22.9 Å². The average molecular weight is 345 g/mol. The molecule has 0 aliphatic heterocycles. The van der Waals surface area contributed by atoms with Crippen molar-refractivity contribution in [2.24, 2.45) is 0 Å². The fourth-order valence-corrected chi connectivity index (χ4v) is 4.23. The predicted octanol–water partition coefficient (Wildman–Crippen LogP) is 3.37. The second-order valence-electron chi connectivity index (χ2n) is 6.03. The van der Waals surface area contributed by atoms with Crippen LogP contribution in [0.3, 0.4) is 0 Å². The maximum atomic E-state index is 12.7. The zero-order valence-electron chi connectivity index (χ0n) is 13.4. The Labute approximate surface area is 141 Å². The Balaban J connectivity index is 1.95. The molecule has 0 spiro atoms. The molecule has 2 N–H and O–H groups in total. The number of carbonyl (C=O) groups is 1. The highest BCUT2D eigenvalue weighted by atomic mass is 32.2. The van der Waals surface area contributed by atoms with Crippen LogP contribution in [0.2, 0.25) is 0 Å².